The molecule has 0 aromatic rings. The van der Waals surface area contributed by atoms with Crippen LogP contribution in [0.15, 0.2) is 0 Å². The molecule has 0 bridgehead atoms. The number of likely N-dealkylation sites (tertiary alicyclic amines) is 1. The molecule has 1 fully saturated rings. The summed E-state index contributed by atoms with van der Waals surface area (Å²) in [4.78, 5) is 25.7. The highest BCUT2D eigenvalue weighted by Crippen LogP contribution is 2.20. The first-order valence-corrected chi connectivity index (χ1v) is 5.84. The highest BCUT2D eigenvalue weighted by molar-refractivity contribution is 5.83. The van der Waals surface area contributed by atoms with E-state index in [2.05, 4.69) is 0 Å². The van der Waals surface area contributed by atoms with Crippen LogP contribution in [-0.2, 0) is 4.79 Å². The number of aliphatic hydroxyl groups excluding tert-OH is 1. The highest BCUT2D eigenvalue weighted by Gasteiger charge is 2.40. The predicted molar refractivity (Wildman–Crippen MR) is 61.6 cm³/mol. The van der Waals surface area contributed by atoms with Crippen molar-refractivity contribution in [1.82, 2.24) is 9.80 Å². The summed E-state index contributed by atoms with van der Waals surface area (Å²) in [5.74, 6) is -1.11. The zero-order valence-electron chi connectivity index (χ0n) is 10.2. The van der Waals surface area contributed by atoms with Gasteiger partial charge in [0.2, 0.25) is 0 Å². The van der Waals surface area contributed by atoms with Crippen LogP contribution in [0.5, 0.6) is 0 Å². The molecule has 18 heavy (non-hydrogen) atoms. The molecule has 100 valence electrons. The van der Waals surface area contributed by atoms with Gasteiger partial charge in [-0.3, -0.25) is 0 Å². The number of carbonyl (C=O) groups is 2. The third kappa shape index (κ3) is 3.11. The fourth-order valence-corrected chi connectivity index (χ4v) is 2.01. The van der Waals surface area contributed by atoms with E-state index in [0.29, 0.717) is 6.54 Å². The van der Waals surface area contributed by atoms with Crippen molar-refractivity contribution in [2.24, 2.45) is 0 Å². The Kier molecular flexibility index (Phi) is 4.92. The summed E-state index contributed by atoms with van der Waals surface area (Å²) in [6.07, 6.45) is -0.547. The summed E-state index contributed by atoms with van der Waals surface area (Å²) in [5, 5.41) is 27.0. The lowest BCUT2D eigenvalue weighted by molar-refractivity contribution is -0.141. The number of hydrogen-bond acceptors (Lipinski definition) is 4. The van der Waals surface area contributed by atoms with Gasteiger partial charge in [0.1, 0.15) is 6.04 Å². The Morgan fingerprint density at radius 1 is 1.56 bits per heavy atom. The molecule has 0 radical (unpaired) electrons. The van der Waals surface area contributed by atoms with E-state index in [9.17, 15) is 14.7 Å². The SMILES string of the molecule is CCN(CCC#N)C(=O)N1C[C@H](O)C[C@@H]1C(=O)O. The average molecular weight is 255 g/mol. The minimum atomic E-state index is -1.11. The number of urea groups is 1. The lowest BCUT2D eigenvalue weighted by atomic mass is 10.2. The summed E-state index contributed by atoms with van der Waals surface area (Å²) in [5.41, 5.74) is 0. The van der Waals surface area contributed by atoms with Crippen molar-refractivity contribution in [3.05, 3.63) is 0 Å². The number of amides is 2. The number of β-amino-alcohol motifs (C(OH)–C–C–N with tert-alkyl or cyclic N) is 1. The molecule has 1 saturated heterocycles. The zero-order chi connectivity index (χ0) is 13.7. The predicted octanol–water partition coefficient (Wildman–Crippen LogP) is -0.138. The molecule has 0 saturated carbocycles. The van der Waals surface area contributed by atoms with E-state index in [1.807, 2.05) is 6.07 Å². The molecule has 7 heteroatoms. The molecule has 2 atom stereocenters. The summed E-state index contributed by atoms with van der Waals surface area (Å²) in [6, 6.07) is 0.526. The fraction of sp³-hybridized carbons (Fsp3) is 0.727. The van der Waals surface area contributed by atoms with E-state index in [-0.39, 0.29) is 25.9 Å². The topological polar surface area (TPSA) is 105 Å². The van der Waals surface area contributed by atoms with E-state index in [1.54, 1.807) is 6.92 Å². The molecule has 0 unspecified atom stereocenters. The Labute approximate surface area is 105 Å². The zero-order valence-corrected chi connectivity index (χ0v) is 10.2. The van der Waals surface area contributed by atoms with E-state index in [0.717, 1.165) is 4.90 Å². The molecule has 7 nitrogen and oxygen atoms in total. The summed E-state index contributed by atoms with van der Waals surface area (Å²) in [7, 11) is 0. The van der Waals surface area contributed by atoms with Gasteiger partial charge in [0.15, 0.2) is 0 Å². The second kappa shape index (κ2) is 6.21. The molecule has 1 heterocycles. The summed E-state index contributed by atoms with van der Waals surface area (Å²) < 4.78 is 0. The van der Waals surface area contributed by atoms with Gasteiger partial charge in [0.05, 0.1) is 18.6 Å². The van der Waals surface area contributed by atoms with E-state index >= 15 is 0 Å². The Morgan fingerprint density at radius 3 is 2.72 bits per heavy atom. The molecule has 1 aliphatic rings. The van der Waals surface area contributed by atoms with Crippen LogP contribution in [0, 0.1) is 11.3 Å². The number of carboxylic acid groups (broad SMARTS) is 1. The number of aliphatic carboxylic acids is 1. The van der Waals surface area contributed by atoms with E-state index in [1.165, 1.54) is 4.90 Å². The minimum Gasteiger partial charge on any atom is -0.480 e. The first-order chi connectivity index (χ1) is 8.51. The van der Waals surface area contributed by atoms with Crippen molar-refractivity contribution in [2.75, 3.05) is 19.6 Å². The maximum absolute atomic E-state index is 12.1. The van der Waals surface area contributed by atoms with Crippen molar-refractivity contribution in [2.45, 2.75) is 31.9 Å². The van der Waals surface area contributed by atoms with Gasteiger partial charge in [-0.05, 0) is 6.92 Å². The molecular weight excluding hydrogens is 238 g/mol. The van der Waals surface area contributed by atoms with Gasteiger partial charge in [-0.15, -0.1) is 0 Å². The number of nitrogens with zero attached hydrogens (tertiary/aromatic N) is 3. The Bertz CT molecular complexity index is 366. The van der Waals surface area contributed by atoms with Gasteiger partial charge >= 0.3 is 12.0 Å². The standard InChI is InChI=1S/C11H17N3O4/c1-2-13(5-3-4-12)11(18)14-7-8(15)6-9(14)10(16)17/h8-9,15H,2-3,5-7H2,1H3,(H,16,17)/t8-,9-/m1/s1. The maximum atomic E-state index is 12.1. The average Bonchev–Trinajstić information content (AvgIpc) is 2.72. The van der Waals surface area contributed by atoms with E-state index in [4.69, 9.17) is 10.4 Å². The molecule has 0 aromatic carbocycles. The van der Waals surface area contributed by atoms with Crippen molar-refractivity contribution in [1.29, 1.82) is 5.26 Å². The molecule has 0 aromatic heterocycles. The summed E-state index contributed by atoms with van der Waals surface area (Å²) >= 11 is 0. The van der Waals surface area contributed by atoms with Gasteiger partial charge in [-0.25, -0.2) is 9.59 Å². The Hall–Kier alpha value is -1.81. The van der Waals surface area contributed by atoms with Crippen LogP contribution in [0.4, 0.5) is 4.79 Å². The third-order valence-corrected chi connectivity index (χ3v) is 2.96. The fourth-order valence-electron chi connectivity index (χ4n) is 2.01. The van der Waals surface area contributed by atoms with Crippen LogP contribution in [0.1, 0.15) is 19.8 Å². The van der Waals surface area contributed by atoms with Crippen LogP contribution in [-0.4, -0.2) is 63.8 Å². The number of hydrogen-bond donors (Lipinski definition) is 2. The normalized spacial score (nSPS) is 22.6. The molecule has 0 aliphatic carbocycles. The van der Waals surface area contributed by atoms with Gasteiger partial charge in [0.25, 0.3) is 0 Å². The second-order valence-electron chi connectivity index (χ2n) is 4.17. The summed E-state index contributed by atoms with van der Waals surface area (Å²) in [6.45, 7) is 2.46. The van der Waals surface area contributed by atoms with Gasteiger partial charge < -0.3 is 20.0 Å². The number of carbonyl (C=O) groups excluding carboxylic acids is 1. The lowest BCUT2D eigenvalue weighted by Gasteiger charge is -2.28. The third-order valence-electron chi connectivity index (χ3n) is 2.96. The second-order valence-corrected chi connectivity index (χ2v) is 4.17. The van der Waals surface area contributed by atoms with Crippen LogP contribution in [0.3, 0.4) is 0 Å². The lowest BCUT2D eigenvalue weighted by Crippen LogP contribution is -2.48. The first-order valence-electron chi connectivity index (χ1n) is 5.84. The van der Waals surface area contributed by atoms with Crippen LogP contribution in [0.2, 0.25) is 0 Å². The molecule has 0 spiro atoms. The first kappa shape index (κ1) is 14.3. The number of carboxylic acids is 1. The Balaban J connectivity index is 2.74. The van der Waals surface area contributed by atoms with Gasteiger partial charge in [-0.1, -0.05) is 0 Å². The number of rotatable bonds is 4. The quantitative estimate of drug-likeness (QED) is 0.727. The largest absolute Gasteiger partial charge is 0.480 e. The van der Waals surface area contributed by atoms with Crippen molar-refractivity contribution in [3.63, 3.8) is 0 Å². The minimum absolute atomic E-state index is 0.0266. The molecular formula is C11H17N3O4. The maximum Gasteiger partial charge on any atom is 0.326 e. The van der Waals surface area contributed by atoms with Gasteiger partial charge in [0, 0.05) is 26.1 Å². The van der Waals surface area contributed by atoms with Crippen LogP contribution >= 0.6 is 0 Å². The highest BCUT2D eigenvalue weighted by atomic mass is 16.4. The van der Waals surface area contributed by atoms with Crippen molar-refractivity contribution in [3.8, 4) is 6.07 Å². The van der Waals surface area contributed by atoms with E-state index < -0.39 is 24.1 Å². The smallest absolute Gasteiger partial charge is 0.326 e. The van der Waals surface area contributed by atoms with Gasteiger partial charge in [-0.2, -0.15) is 5.26 Å². The Morgan fingerprint density at radius 2 is 2.22 bits per heavy atom. The number of aliphatic hydroxyl groups is 1. The van der Waals surface area contributed by atoms with Crippen LogP contribution < -0.4 is 0 Å². The van der Waals surface area contributed by atoms with Crippen molar-refractivity contribution >= 4 is 12.0 Å². The van der Waals surface area contributed by atoms with Crippen LogP contribution in [0.25, 0.3) is 0 Å². The molecule has 1 aliphatic heterocycles. The number of nitriles is 1. The molecule has 2 amide bonds. The molecule has 1 rings (SSSR count). The van der Waals surface area contributed by atoms with Crippen molar-refractivity contribution < 1.29 is 19.8 Å². The monoisotopic (exact) mass is 255 g/mol. The molecule has 2 N–H and O–H groups in total.